The summed E-state index contributed by atoms with van der Waals surface area (Å²) in [6.07, 6.45) is 2.08. The van der Waals surface area contributed by atoms with Crippen LogP contribution >= 0.6 is 0 Å². The third kappa shape index (κ3) is 3.53. The van der Waals surface area contributed by atoms with E-state index in [-0.39, 0.29) is 5.56 Å². The minimum absolute atomic E-state index is 0.295. The van der Waals surface area contributed by atoms with Crippen molar-refractivity contribution >= 4 is 21.3 Å². The highest BCUT2D eigenvalue weighted by atomic mass is 32.2. The number of aromatic nitrogens is 4. The van der Waals surface area contributed by atoms with Gasteiger partial charge in [0.1, 0.15) is 5.52 Å². The van der Waals surface area contributed by atoms with Gasteiger partial charge in [0.15, 0.2) is 5.65 Å². The number of fused-ring (bicyclic) bond motifs is 1. The maximum atomic E-state index is 11.3. The molecular weight excluding hydrogens is 252 g/mol. The molecule has 2 heterocycles. The summed E-state index contributed by atoms with van der Waals surface area (Å²) in [7, 11) is -2.26. The summed E-state index contributed by atoms with van der Waals surface area (Å²) < 4.78 is 26.9. The van der Waals surface area contributed by atoms with Crippen molar-refractivity contribution in [1.29, 1.82) is 0 Å². The largest absolute Gasteiger partial charge is 0.339 e. The number of hydrogen-bond donors (Lipinski definition) is 3. The first-order valence-corrected chi connectivity index (χ1v) is 6.10. The Bertz CT molecular complexity index is 729. The highest BCUT2D eigenvalue weighted by molar-refractivity contribution is 7.85. The molecule has 94 valence electrons. The van der Waals surface area contributed by atoms with Crippen LogP contribution in [0.15, 0.2) is 15.9 Å². The number of nitrogens with one attached hydrogen (secondary N) is 2. The summed E-state index contributed by atoms with van der Waals surface area (Å²) in [4.78, 5) is 31.1. The molecule has 0 amide bonds. The van der Waals surface area contributed by atoms with E-state index >= 15 is 0 Å². The van der Waals surface area contributed by atoms with Gasteiger partial charge in [0, 0.05) is 7.05 Å². The van der Waals surface area contributed by atoms with Crippen LogP contribution in [0, 0.1) is 0 Å². The molecule has 10 heteroatoms. The van der Waals surface area contributed by atoms with E-state index in [1.165, 1.54) is 13.4 Å². The molecule has 2 aromatic rings. The lowest BCUT2D eigenvalue weighted by atomic mass is 10.5. The molecule has 0 radical (unpaired) electrons. The molecule has 0 aliphatic carbocycles. The van der Waals surface area contributed by atoms with E-state index in [1.54, 1.807) is 0 Å². The van der Waals surface area contributed by atoms with Gasteiger partial charge in [-0.3, -0.25) is 18.9 Å². The average molecular weight is 262 g/mol. The monoisotopic (exact) mass is 262 g/mol. The number of nitrogens with zero attached hydrogens (tertiary/aromatic N) is 2. The summed E-state index contributed by atoms with van der Waals surface area (Å²) in [5.41, 5.74) is -0.217. The quantitative estimate of drug-likeness (QED) is 0.491. The van der Waals surface area contributed by atoms with E-state index < -0.39 is 15.8 Å². The Hall–Kier alpha value is -1.94. The molecule has 2 rings (SSSR count). The zero-order valence-electron chi connectivity index (χ0n) is 8.96. The minimum atomic E-state index is -3.67. The smallest absolute Gasteiger partial charge is 0.329 e. The molecule has 0 saturated carbocycles. The first kappa shape index (κ1) is 13.1. The van der Waals surface area contributed by atoms with Gasteiger partial charge in [-0.05, 0) is 0 Å². The number of aromatic amines is 2. The standard InChI is InChI=1S/C6H6N4O2.CH4O3S/c1-10-5(11)3-4(8-2-7-3)9-6(10)12;1-5(2,3)4/h2H,1H3,(H,7,8)(H,9,12);1H3,(H,2,3,4). The third-order valence-corrected chi connectivity index (χ3v) is 1.69. The van der Waals surface area contributed by atoms with Gasteiger partial charge in [-0.1, -0.05) is 0 Å². The fourth-order valence-corrected chi connectivity index (χ4v) is 0.997. The Labute approximate surface area is 94.9 Å². The third-order valence-electron chi connectivity index (χ3n) is 1.69. The number of rotatable bonds is 0. The molecule has 0 fully saturated rings. The van der Waals surface area contributed by atoms with Gasteiger partial charge in [-0.25, -0.2) is 9.78 Å². The first-order chi connectivity index (χ1) is 7.70. The molecule has 0 bridgehead atoms. The van der Waals surface area contributed by atoms with Crippen molar-refractivity contribution in [3.05, 3.63) is 27.2 Å². The molecule has 0 saturated heterocycles. The van der Waals surface area contributed by atoms with Crippen molar-refractivity contribution in [2.45, 2.75) is 0 Å². The van der Waals surface area contributed by atoms with Crippen LogP contribution in [-0.2, 0) is 17.2 Å². The number of H-pyrrole nitrogens is 2. The van der Waals surface area contributed by atoms with Gasteiger partial charge in [-0.15, -0.1) is 0 Å². The molecule has 3 N–H and O–H groups in total. The van der Waals surface area contributed by atoms with E-state index in [0.717, 1.165) is 4.57 Å². The molecule has 0 spiro atoms. The fraction of sp³-hybridized carbons (Fsp3) is 0.286. The van der Waals surface area contributed by atoms with Gasteiger partial charge < -0.3 is 4.98 Å². The van der Waals surface area contributed by atoms with Crippen molar-refractivity contribution in [2.75, 3.05) is 6.26 Å². The van der Waals surface area contributed by atoms with Crippen molar-refractivity contribution < 1.29 is 13.0 Å². The lowest BCUT2D eigenvalue weighted by Crippen LogP contribution is -2.32. The Balaban J connectivity index is 0.000000249. The highest BCUT2D eigenvalue weighted by Gasteiger charge is 2.04. The zero-order chi connectivity index (χ0) is 13.2. The molecule has 9 nitrogen and oxygen atoms in total. The lowest BCUT2D eigenvalue weighted by Gasteiger charge is -1.93. The Morgan fingerprint density at radius 3 is 2.47 bits per heavy atom. The molecule has 0 unspecified atom stereocenters. The Kier molecular flexibility index (Phi) is 3.48. The first-order valence-electron chi connectivity index (χ1n) is 4.25. The van der Waals surface area contributed by atoms with Crippen LogP contribution in [0.2, 0.25) is 0 Å². The van der Waals surface area contributed by atoms with Crippen molar-refractivity contribution in [2.24, 2.45) is 7.05 Å². The van der Waals surface area contributed by atoms with Crippen LogP contribution < -0.4 is 11.2 Å². The van der Waals surface area contributed by atoms with Crippen molar-refractivity contribution in [1.82, 2.24) is 19.5 Å². The van der Waals surface area contributed by atoms with E-state index in [0.29, 0.717) is 17.4 Å². The van der Waals surface area contributed by atoms with E-state index in [1.807, 2.05) is 0 Å². The average Bonchev–Trinajstić information content (AvgIpc) is 2.59. The number of hydrogen-bond acceptors (Lipinski definition) is 5. The molecule has 0 atom stereocenters. The van der Waals surface area contributed by atoms with Crippen LogP contribution in [0.5, 0.6) is 0 Å². The van der Waals surface area contributed by atoms with Crippen LogP contribution in [0.3, 0.4) is 0 Å². The predicted octanol–water partition coefficient (Wildman–Crippen LogP) is -1.55. The molecule has 0 aliphatic heterocycles. The van der Waals surface area contributed by atoms with Gasteiger partial charge in [0.25, 0.3) is 15.7 Å². The Morgan fingerprint density at radius 1 is 1.41 bits per heavy atom. The SMILES string of the molecule is CS(=O)(=O)O.Cn1c(=O)[nH]c2nc[nH]c2c1=O. The summed E-state index contributed by atoms with van der Waals surface area (Å²) in [6, 6.07) is 0. The Morgan fingerprint density at radius 2 is 1.94 bits per heavy atom. The fourth-order valence-electron chi connectivity index (χ4n) is 0.997. The van der Waals surface area contributed by atoms with Crippen LogP contribution in [-0.4, -0.2) is 38.7 Å². The maximum Gasteiger partial charge on any atom is 0.329 e. The van der Waals surface area contributed by atoms with Crippen LogP contribution in [0.4, 0.5) is 0 Å². The second-order valence-electron chi connectivity index (χ2n) is 3.15. The predicted molar refractivity (Wildman–Crippen MR) is 59.4 cm³/mol. The van der Waals surface area contributed by atoms with E-state index in [2.05, 4.69) is 15.0 Å². The van der Waals surface area contributed by atoms with Gasteiger partial charge >= 0.3 is 5.69 Å². The second-order valence-corrected chi connectivity index (χ2v) is 4.62. The van der Waals surface area contributed by atoms with Gasteiger partial charge in [0.05, 0.1) is 12.6 Å². The summed E-state index contributed by atoms with van der Waals surface area (Å²) in [6.45, 7) is 0. The molecular formula is C7H10N4O5S. The second kappa shape index (κ2) is 4.51. The topological polar surface area (TPSA) is 138 Å². The molecule has 0 aliphatic rings. The summed E-state index contributed by atoms with van der Waals surface area (Å²) in [5.74, 6) is 0. The molecule has 2 aromatic heterocycles. The van der Waals surface area contributed by atoms with Gasteiger partial charge in [0.2, 0.25) is 0 Å². The van der Waals surface area contributed by atoms with E-state index in [4.69, 9.17) is 4.55 Å². The normalized spacial score (nSPS) is 11.0. The van der Waals surface area contributed by atoms with Gasteiger partial charge in [-0.2, -0.15) is 8.42 Å². The molecule has 0 aromatic carbocycles. The van der Waals surface area contributed by atoms with Crippen molar-refractivity contribution in [3.63, 3.8) is 0 Å². The van der Waals surface area contributed by atoms with Crippen molar-refractivity contribution in [3.8, 4) is 0 Å². The lowest BCUT2D eigenvalue weighted by molar-refractivity contribution is 0.490. The van der Waals surface area contributed by atoms with E-state index in [9.17, 15) is 18.0 Å². The number of imidazole rings is 1. The maximum absolute atomic E-state index is 11.3. The molecule has 17 heavy (non-hydrogen) atoms. The van der Waals surface area contributed by atoms with Crippen LogP contribution in [0.1, 0.15) is 0 Å². The summed E-state index contributed by atoms with van der Waals surface area (Å²) >= 11 is 0. The highest BCUT2D eigenvalue weighted by Crippen LogP contribution is 1.93. The minimum Gasteiger partial charge on any atom is -0.339 e. The zero-order valence-corrected chi connectivity index (χ0v) is 9.78. The van der Waals surface area contributed by atoms with Crippen LogP contribution in [0.25, 0.3) is 11.2 Å². The summed E-state index contributed by atoms with van der Waals surface area (Å²) in [5, 5.41) is 0.